The minimum Gasteiger partial charge on any atom is -0.308 e. The summed E-state index contributed by atoms with van der Waals surface area (Å²) in [5.74, 6) is 0. The topological polar surface area (TPSA) is 37.8 Å². The van der Waals surface area contributed by atoms with E-state index in [1.54, 1.807) is 0 Å². The standard InChI is InChI=1S/C16H21N3/c1-4-6-13-7-5-8-14(9-13)16(17-3)15-11-18-12(2)10-19-15/h5,7-11,16-17H,4,6H2,1-3H3. The van der Waals surface area contributed by atoms with Crippen molar-refractivity contribution in [3.8, 4) is 0 Å². The molecule has 3 nitrogen and oxygen atoms in total. The molecule has 0 spiro atoms. The Hall–Kier alpha value is -1.74. The lowest BCUT2D eigenvalue weighted by molar-refractivity contribution is 0.664. The first-order chi connectivity index (χ1) is 9.24. The molecule has 0 fully saturated rings. The van der Waals surface area contributed by atoms with Gasteiger partial charge in [-0.1, -0.05) is 37.6 Å². The van der Waals surface area contributed by atoms with E-state index in [9.17, 15) is 0 Å². The molecule has 0 radical (unpaired) electrons. The van der Waals surface area contributed by atoms with Crippen LogP contribution in [-0.2, 0) is 6.42 Å². The second kappa shape index (κ2) is 6.43. The third kappa shape index (κ3) is 3.38. The number of nitrogens with one attached hydrogen (secondary N) is 1. The van der Waals surface area contributed by atoms with Crippen LogP contribution >= 0.6 is 0 Å². The minimum absolute atomic E-state index is 0.102. The van der Waals surface area contributed by atoms with Crippen LogP contribution in [0.1, 0.15) is 41.9 Å². The molecule has 2 aromatic rings. The maximum Gasteiger partial charge on any atom is 0.0801 e. The SMILES string of the molecule is CCCc1cccc(C(NC)c2cnc(C)cn2)c1. The summed E-state index contributed by atoms with van der Waals surface area (Å²) >= 11 is 0. The van der Waals surface area contributed by atoms with Gasteiger partial charge in [-0.3, -0.25) is 9.97 Å². The molecule has 1 aromatic heterocycles. The third-order valence-corrected chi connectivity index (χ3v) is 3.21. The Labute approximate surface area is 115 Å². The highest BCUT2D eigenvalue weighted by Crippen LogP contribution is 2.21. The maximum absolute atomic E-state index is 4.48. The monoisotopic (exact) mass is 255 g/mol. The van der Waals surface area contributed by atoms with Gasteiger partial charge in [0.15, 0.2) is 0 Å². The van der Waals surface area contributed by atoms with Gasteiger partial charge in [0, 0.05) is 6.20 Å². The van der Waals surface area contributed by atoms with Gasteiger partial charge in [-0.25, -0.2) is 0 Å². The smallest absolute Gasteiger partial charge is 0.0801 e. The van der Waals surface area contributed by atoms with Crippen molar-refractivity contribution < 1.29 is 0 Å². The van der Waals surface area contributed by atoms with Gasteiger partial charge in [0.2, 0.25) is 0 Å². The highest BCUT2D eigenvalue weighted by Gasteiger charge is 2.13. The minimum atomic E-state index is 0.102. The predicted molar refractivity (Wildman–Crippen MR) is 78.1 cm³/mol. The van der Waals surface area contributed by atoms with E-state index >= 15 is 0 Å². The van der Waals surface area contributed by atoms with Crippen LogP contribution in [0.4, 0.5) is 0 Å². The second-order valence-corrected chi connectivity index (χ2v) is 4.80. The van der Waals surface area contributed by atoms with Crippen LogP contribution in [-0.4, -0.2) is 17.0 Å². The molecule has 1 atom stereocenters. The van der Waals surface area contributed by atoms with E-state index in [1.165, 1.54) is 11.1 Å². The molecule has 1 unspecified atom stereocenters. The normalized spacial score (nSPS) is 12.4. The van der Waals surface area contributed by atoms with Gasteiger partial charge in [0.05, 0.1) is 23.6 Å². The van der Waals surface area contributed by atoms with Gasteiger partial charge in [0.1, 0.15) is 0 Å². The maximum atomic E-state index is 4.48. The number of hydrogen-bond donors (Lipinski definition) is 1. The summed E-state index contributed by atoms with van der Waals surface area (Å²) in [4.78, 5) is 8.81. The molecular formula is C16H21N3. The zero-order valence-corrected chi connectivity index (χ0v) is 11.9. The van der Waals surface area contributed by atoms with Crippen LogP contribution in [0.25, 0.3) is 0 Å². The van der Waals surface area contributed by atoms with E-state index in [2.05, 4.69) is 46.5 Å². The van der Waals surface area contributed by atoms with Gasteiger partial charge >= 0.3 is 0 Å². The molecule has 1 N–H and O–H groups in total. The first-order valence-electron chi connectivity index (χ1n) is 6.79. The van der Waals surface area contributed by atoms with Crippen LogP contribution in [0, 0.1) is 6.92 Å². The zero-order valence-electron chi connectivity index (χ0n) is 11.9. The Morgan fingerprint density at radius 1 is 1.21 bits per heavy atom. The molecule has 100 valence electrons. The summed E-state index contributed by atoms with van der Waals surface area (Å²) in [5.41, 5.74) is 4.52. The first-order valence-corrected chi connectivity index (χ1v) is 6.79. The summed E-state index contributed by atoms with van der Waals surface area (Å²) < 4.78 is 0. The predicted octanol–water partition coefficient (Wildman–Crippen LogP) is 3.05. The molecule has 3 heteroatoms. The zero-order chi connectivity index (χ0) is 13.7. The Bertz CT molecular complexity index is 520. The first kappa shape index (κ1) is 13.7. The van der Waals surface area contributed by atoms with E-state index in [1.807, 2.05) is 26.4 Å². The van der Waals surface area contributed by atoms with Crippen molar-refractivity contribution in [3.63, 3.8) is 0 Å². The molecule has 1 aromatic carbocycles. The number of benzene rings is 1. The number of rotatable bonds is 5. The molecule has 0 amide bonds. The van der Waals surface area contributed by atoms with E-state index in [4.69, 9.17) is 0 Å². The number of aryl methyl sites for hydroxylation is 2. The lowest BCUT2D eigenvalue weighted by Crippen LogP contribution is -2.19. The Balaban J connectivity index is 2.30. The fourth-order valence-corrected chi connectivity index (χ4v) is 2.25. The van der Waals surface area contributed by atoms with Crippen molar-refractivity contribution in [3.05, 3.63) is 59.2 Å². The van der Waals surface area contributed by atoms with E-state index in [0.29, 0.717) is 0 Å². The van der Waals surface area contributed by atoms with Crippen LogP contribution in [0.2, 0.25) is 0 Å². The van der Waals surface area contributed by atoms with Crippen LogP contribution in [0.15, 0.2) is 36.7 Å². The van der Waals surface area contributed by atoms with Gasteiger partial charge < -0.3 is 5.32 Å². The molecule has 1 heterocycles. The lowest BCUT2D eigenvalue weighted by atomic mass is 10.00. The average Bonchev–Trinajstić information content (AvgIpc) is 2.43. The molecular weight excluding hydrogens is 234 g/mol. The van der Waals surface area contributed by atoms with Gasteiger partial charge in [0.25, 0.3) is 0 Å². The fourth-order valence-electron chi connectivity index (χ4n) is 2.25. The van der Waals surface area contributed by atoms with Crippen molar-refractivity contribution in [1.82, 2.24) is 15.3 Å². The molecule has 0 aliphatic rings. The van der Waals surface area contributed by atoms with Crippen molar-refractivity contribution in [2.75, 3.05) is 7.05 Å². The average molecular weight is 255 g/mol. The van der Waals surface area contributed by atoms with E-state index in [0.717, 1.165) is 24.2 Å². The molecule has 19 heavy (non-hydrogen) atoms. The quantitative estimate of drug-likeness (QED) is 0.892. The van der Waals surface area contributed by atoms with Gasteiger partial charge in [-0.05, 0) is 31.5 Å². The largest absolute Gasteiger partial charge is 0.308 e. The summed E-state index contributed by atoms with van der Waals surface area (Å²) in [6.45, 7) is 4.15. The molecule has 0 saturated carbocycles. The van der Waals surface area contributed by atoms with Crippen LogP contribution in [0.5, 0.6) is 0 Å². The number of nitrogens with zero attached hydrogens (tertiary/aromatic N) is 2. The summed E-state index contributed by atoms with van der Waals surface area (Å²) in [7, 11) is 1.96. The van der Waals surface area contributed by atoms with E-state index in [-0.39, 0.29) is 6.04 Å². The fraction of sp³-hybridized carbons (Fsp3) is 0.375. The molecule has 0 aliphatic carbocycles. The molecule has 2 rings (SSSR count). The van der Waals surface area contributed by atoms with Crippen molar-refractivity contribution >= 4 is 0 Å². The number of hydrogen-bond acceptors (Lipinski definition) is 3. The Kier molecular flexibility index (Phi) is 4.63. The summed E-state index contributed by atoms with van der Waals surface area (Å²) in [6.07, 6.45) is 5.94. The van der Waals surface area contributed by atoms with Crippen LogP contribution < -0.4 is 5.32 Å². The van der Waals surface area contributed by atoms with Crippen molar-refractivity contribution in [2.24, 2.45) is 0 Å². The van der Waals surface area contributed by atoms with E-state index < -0.39 is 0 Å². The second-order valence-electron chi connectivity index (χ2n) is 4.80. The molecule has 0 saturated heterocycles. The lowest BCUT2D eigenvalue weighted by Gasteiger charge is -2.16. The third-order valence-electron chi connectivity index (χ3n) is 3.21. The molecule has 0 bridgehead atoms. The van der Waals surface area contributed by atoms with Crippen molar-refractivity contribution in [1.29, 1.82) is 0 Å². The highest BCUT2D eigenvalue weighted by molar-refractivity contribution is 5.31. The van der Waals surface area contributed by atoms with Crippen molar-refractivity contribution in [2.45, 2.75) is 32.7 Å². The van der Waals surface area contributed by atoms with Gasteiger partial charge in [-0.2, -0.15) is 0 Å². The Morgan fingerprint density at radius 2 is 2.05 bits per heavy atom. The van der Waals surface area contributed by atoms with Crippen LogP contribution in [0.3, 0.4) is 0 Å². The summed E-state index contributed by atoms with van der Waals surface area (Å²) in [6, 6.07) is 8.80. The van der Waals surface area contributed by atoms with Gasteiger partial charge in [-0.15, -0.1) is 0 Å². The highest BCUT2D eigenvalue weighted by atomic mass is 14.9. The molecule has 0 aliphatic heterocycles. The number of aromatic nitrogens is 2. The summed E-state index contributed by atoms with van der Waals surface area (Å²) in [5, 5.41) is 3.32. The Morgan fingerprint density at radius 3 is 2.68 bits per heavy atom.